The molecule has 0 spiro atoms. The van der Waals surface area contributed by atoms with E-state index in [0.717, 1.165) is 23.8 Å². The van der Waals surface area contributed by atoms with Gasteiger partial charge in [-0.15, -0.1) is 0 Å². The number of benzene rings is 1. The van der Waals surface area contributed by atoms with Crippen molar-refractivity contribution < 1.29 is 5.11 Å². The average molecular weight is 329 g/mol. The summed E-state index contributed by atoms with van der Waals surface area (Å²) in [6.07, 6.45) is 3.91. The Bertz CT molecular complexity index is 638. The lowest BCUT2D eigenvalue weighted by Gasteiger charge is -2.22. The van der Waals surface area contributed by atoms with E-state index in [9.17, 15) is 0 Å². The maximum absolute atomic E-state index is 9.15. The van der Waals surface area contributed by atoms with Gasteiger partial charge in [0.25, 0.3) is 0 Å². The number of nitrogens with one attached hydrogen (secondary N) is 1. The van der Waals surface area contributed by atoms with Crippen molar-refractivity contribution in [1.82, 2.24) is 20.0 Å². The van der Waals surface area contributed by atoms with Crippen LogP contribution in [0.5, 0.6) is 0 Å². The lowest BCUT2D eigenvalue weighted by atomic mass is 10.2. The van der Waals surface area contributed by atoms with Crippen LogP contribution < -0.4 is 5.32 Å². The summed E-state index contributed by atoms with van der Waals surface area (Å²) in [5, 5.41) is 16.9. The molecule has 0 fully saturated rings. The van der Waals surface area contributed by atoms with Crippen LogP contribution in [0.2, 0.25) is 0 Å². The van der Waals surface area contributed by atoms with Gasteiger partial charge in [0.05, 0.1) is 11.9 Å². The molecule has 2 rings (SSSR count). The molecular formula is C18H27N5O. The highest BCUT2D eigenvalue weighted by Crippen LogP contribution is 2.09. The smallest absolute Gasteiger partial charge is 0.193 e. The number of aromatic nitrogens is 2. The molecule has 6 heteroatoms. The number of para-hydroxylation sites is 1. The van der Waals surface area contributed by atoms with Gasteiger partial charge in [0.15, 0.2) is 5.96 Å². The molecule has 2 N–H and O–H groups in total. The first kappa shape index (κ1) is 18.0. The molecule has 0 radical (unpaired) electrons. The minimum atomic E-state index is 0.149. The topological polar surface area (TPSA) is 65.7 Å². The molecule has 24 heavy (non-hydrogen) atoms. The van der Waals surface area contributed by atoms with Crippen LogP contribution >= 0.6 is 0 Å². The van der Waals surface area contributed by atoms with Gasteiger partial charge < -0.3 is 15.3 Å². The molecule has 1 unspecified atom stereocenters. The van der Waals surface area contributed by atoms with Crippen molar-refractivity contribution in [1.29, 1.82) is 0 Å². The number of aliphatic imine (C=N–C) groups is 1. The quantitative estimate of drug-likeness (QED) is 0.601. The predicted octanol–water partition coefficient (Wildman–Crippen LogP) is 1.90. The average Bonchev–Trinajstić information content (AvgIpc) is 3.07. The van der Waals surface area contributed by atoms with Gasteiger partial charge in [-0.3, -0.25) is 4.99 Å². The van der Waals surface area contributed by atoms with Gasteiger partial charge in [-0.2, -0.15) is 5.10 Å². The molecule has 0 saturated carbocycles. The third-order valence-electron chi connectivity index (χ3n) is 3.64. The summed E-state index contributed by atoms with van der Waals surface area (Å²) in [7, 11) is 2.00. The van der Waals surface area contributed by atoms with Crippen LogP contribution in [0.4, 0.5) is 0 Å². The highest BCUT2D eigenvalue weighted by Gasteiger charge is 2.09. The monoisotopic (exact) mass is 329 g/mol. The fourth-order valence-electron chi connectivity index (χ4n) is 2.28. The van der Waals surface area contributed by atoms with Gasteiger partial charge in [0.1, 0.15) is 0 Å². The first-order chi connectivity index (χ1) is 11.6. The van der Waals surface area contributed by atoms with Crippen LogP contribution in [0.25, 0.3) is 5.69 Å². The van der Waals surface area contributed by atoms with Crippen molar-refractivity contribution in [3.63, 3.8) is 0 Å². The number of aliphatic hydroxyl groups is 1. The Morgan fingerprint density at radius 3 is 2.79 bits per heavy atom. The number of hydrogen-bond acceptors (Lipinski definition) is 3. The van der Waals surface area contributed by atoms with Gasteiger partial charge in [-0.1, -0.05) is 25.1 Å². The molecule has 0 amide bonds. The summed E-state index contributed by atoms with van der Waals surface area (Å²) in [5.41, 5.74) is 2.16. The second kappa shape index (κ2) is 9.08. The number of guanidine groups is 1. The lowest BCUT2D eigenvalue weighted by Crippen LogP contribution is -2.38. The van der Waals surface area contributed by atoms with Gasteiger partial charge in [0.2, 0.25) is 0 Å². The molecule has 6 nitrogen and oxygen atoms in total. The van der Waals surface area contributed by atoms with E-state index in [-0.39, 0.29) is 12.5 Å². The van der Waals surface area contributed by atoms with Crippen molar-refractivity contribution in [2.45, 2.75) is 20.4 Å². The molecule has 130 valence electrons. The summed E-state index contributed by atoms with van der Waals surface area (Å²) < 4.78 is 1.88. The molecule has 1 aromatic carbocycles. The first-order valence-electron chi connectivity index (χ1n) is 8.33. The number of hydrogen-bond donors (Lipinski definition) is 2. The largest absolute Gasteiger partial charge is 0.396 e. The molecule has 0 saturated heterocycles. The molecule has 2 aromatic rings. The maximum atomic E-state index is 9.15. The Labute approximate surface area is 143 Å². The molecular weight excluding hydrogens is 302 g/mol. The van der Waals surface area contributed by atoms with Crippen LogP contribution in [0, 0.1) is 5.92 Å². The van der Waals surface area contributed by atoms with Crippen LogP contribution in [0.3, 0.4) is 0 Å². The first-order valence-corrected chi connectivity index (χ1v) is 8.33. The molecule has 1 atom stereocenters. The van der Waals surface area contributed by atoms with E-state index in [2.05, 4.69) is 20.3 Å². The van der Waals surface area contributed by atoms with Gasteiger partial charge in [-0.25, -0.2) is 4.68 Å². The van der Waals surface area contributed by atoms with E-state index in [1.165, 1.54) is 0 Å². The minimum absolute atomic E-state index is 0.149. The van der Waals surface area contributed by atoms with Gasteiger partial charge in [0, 0.05) is 45.0 Å². The normalized spacial score (nSPS) is 12.9. The van der Waals surface area contributed by atoms with Crippen molar-refractivity contribution in [3.8, 4) is 5.69 Å². The lowest BCUT2D eigenvalue weighted by molar-refractivity contribution is 0.241. The van der Waals surface area contributed by atoms with E-state index in [4.69, 9.17) is 5.11 Å². The van der Waals surface area contributed by atoms with Gasteiger partial charge in [-0.05, 0) is 25.0 Å². The number of aliphatic hydroxyl groups excluding tert-OH is 1. The van der Waals surface area contributed by atoms with Gasteiger partial charge >= 0.3 is 0 Å². The van der Waals surface area contributed by atoms with Crippen LogP contribution in [0.1, 0.15) is 19.4 Å². The van der Waals surface area contributed by atoms with Crippen LogP contribution in [-0.4, -0.2) is 52.5 Å². The maximum Gasteiger partial charge on any atom is 0.193 e. The minimum Gasteiger partial charge on any atom is -0.396 e. The zero-order valence-electron chi connectivity index (χ0n) is 14.7. The predicted molar refractivity (Wildman–Crippen MR) is 97.3 cm³/mol. The van der Waals surface area contributed by atoms with E-state index >= 15 is 0 Å². The van der Waals surface area contributed by atoms with E-state index in [1.807, 2.05) is 68.3 Å². The van der Waals surface area contributed by atoms with Crippen LogP contribution in [-0.2, 0) is 6.54 Å². The van der Waals surface area contributed by atoms with Crippen molar-refractivity contribution in [3.05, 3.63) is 48.3 Å². The Morgan fingerprint density at radius 1 is 1.38 bits per heavy atom. The molecule has 0 aliphatic heterocycles. The standard InChI is InChI=1S/C18H27N5O/c1-4-19-18(20-10-15(2)14-24)22(3)12-16-11-21-23(13-16)17-8-6-5-7-9-17/h5-9,11,13,15,24H,4,10,12,14H2,1-3H3,(H,19,20). The highest BCUT2D eigenvalue weighted by atomic mass is 16.3. The Kier molecular flexibility index (Phi) is 6.81. The summed E-state index contributed by atoms with van der Waals surface area (Å²) in [4.78, 5) is 6.66. The molecule has 0 bridgehead atoms. The fraction of sp³-hybridized carbons (Fsp3) is 0.444. The molecule has 0 aliphatic carbocycles. The third-order valence-corrected chi connectivity index (χ3v) is 3.64. The van der Waals surface area contributed by atoms with Crippen molar-refractivity contribution >= 4 is 5.96 Å². The number of rotatable bonds is 7. The molecule has 0 aliphatic rings. The molecule has 1 heterocycles. The highest BCUT2D eigenvalue weighted by molar-refractivity contribution is 5.79. The zero-order valence-corrected chi connectivity index (χ0v) is 14.7. The van der Waals surface area contributed by atoms with Crippen molar-refractivity contribution in [2.75, 3.05) is 26.7 Å². The zero-order chi connectivity index (χ0) is 17.4. The third kappa shape index (κ3) is 5.09. The number of nitrogens with zero attached hydrogens (tertiary/aromatic N) is 4. The van der Waals surface area contributed by atoms with E-state index < -0.39 is 0 Å². The SMILES string of the molecule is CCNC(=NCC(C)CO)N(C)Cc1cnn(-c2ccccc2)c1. The van der Waals surface area contributed by atoms with E-state index in [1.54, 1.807) is 0 Å². The summed E-state index contributed by atoms with van der Waals surface area (Å²) >= 11 is 0. The fourth-order valence-corrected chi connectivity index (χ4v) is 2.28. The summed E-state index contributed by atoms with van der Waals surface area (Å²) in [6, 6.07) is 10.1. The van der Waals surface area contributed by atoms with Crippen molar-refractivity contribution in [2.24, 2.45) is 10.9 Å². The summed E-state index contributed by atoms with van der Waals surface area (Å²) in [6.45, 7) is 6.30. The summed E-state index contributed by atoms with van der Waals surface area (Å²) in [5.74, 6) is 0.998. The van der Waals surface area contributed by atoms with Crippen LogP contribution in [0.15, 0.2) is 47.7 Å². The second-order valence-electron chi connectivity index (χ2n) is 5.97. The second-order valence-corrected chi connectivity index (χ2v) is 5.97. The Hall–Kier alpha value is -2.34. The Balaban J connectivity index is 2.04. The Morgan fingerprint density at radius 2 is 2.12 bits per heavy atom. The van der Waals surface area contributed by atoms with E-state index in [0.29, 0.717) is 13.1 Å². The molecule has 1 aromatic heterocycles.